The van der Waals surface area contributed by atoms with E-state index >= 15 is 0 Å². The number of ether oxygens (including phenoxy) is 1. The first-order valence-corrected chi connectivity index (χ1v) is 8.11. The molecule has 0 aliphatic heterocycles. The molecule has 3 aromatic carbocycles. The first-order valence-electron chi connectivity index (χ1n) is 8.11. The Labute approximate surface area is 142 Å². The summed E-state index contributed by atoms with van der Waals surface area (Å²) in [7, 11) is 0. The first-order chi connectivity index (χ1) is 11.6. The van der Waals surface area contributed by atoms with E-state index in [0.717, 1.165) is 16.3 Å². The summed E-state index contributed by atoms with van der Waals surface area (Å²) in [6.07, 6.45) is 1.90. The molecule has 0 N–H and O–H groups in total. The predicted molar refractivity (Wildman–Crippen MR) is 98.8 cm³/mol. The lowest BCUT2D eigenvalue weighted by molar-refractivity contribution is -0.130. The van der Waals surface area contributed by atoms with Crippen molar-refractivity contribution in [1.29, 1.82) is 0 Å². The Bertz CT molecular complexity index is 877. The van der Waals surface area contributed by atoms with Crippen LogP contribution in [-0.4, -0.2) is 5.97 Å². The van der Waals surface area contributed by atoms with E-state index < -0.39 is 0 Å². The Hall–Kier alpha value is -2.87. The van der Waals surface area contributed by atoms with Gasteiger partial charge < -0.3 is 4.74 Å². The van der Waals surface area contributed by atoms with Crippen LogP contribution < -0.4 is 4.74 Å². The van der Waals surface area contributed by atoms with E-state index in [4.69, 9.17) is 4.74 Å². The highest BCUT2D eigenvalue weighted by Gasteiger charge is 2.16. The van der Waals surface area contributed by atoms with Crippen LogP contribution in [0.1, 0.15) is 19.4 Å². The van der Waals surface area contributed by atoms with E-state index in [0.29, 0.717) is 11.3 Å². The molecule has 0 aliphatic carbocycles. The molecule has 0 spiro atoms. The fourth-order valence-electron chi connectivity index (χ4n) is 2.59. The highest BCUT2D eigenvalue weighted by atomic mass is 16.5. The van der Waals surface area contributed by atoms with Crippen LogP contribution in [0.15, 0.2) is 78.4 Å². The first kappa shape index (κ1) is 16.0. The summed E-state index contributed by atoms with van der Waals surface area (Å²) in [5.41, 5.74) is 1.66. The Balaban J connectivity index is 1.86. The Morgan fingerprint density at radius 1 is 0.875 bits per heavy atom. The zero-order valence-electron chi connectivity index (χ0n) is 13.9. The Morgan fingerprint density at radius 2 is 1.54 bits per heavy atom. The van der Waals surface area contributed by atoms with Gasteiger partial charge in [0.2, 0.25) is 0 Å². The zero-order valence-corrected chi connectivity index (χ0v) is 13.9. The van der Waals surface area contributed by atoms with Crippen molar-refractivity contribution >= 4 is 22.8 Å². The van der Waals surface area contributed by atoms with Crippen molar-refractivity contribution in [2.75, 3.05) is 0 Å². The van der Waals surface area contributed by atoms with Crippen LogP contribution in [0.5, 0.6) is 5.75 Å². The smallest absolute Gasteiger partial charge is 0.339 e. The molecule has 3 rings (SSSR count). The van der Waals surface area contributed by atoms with Gasteiger partial charge in [-0.05, 0) is 40.5 Å². The molecular formula is C22H20O2. The summed E-state index contributed by atoms with van der Waals surface area (Å²) in [4.78, 5) is 12.6. The number of carbonyl (C=O) groups is 1. The molecule has 0 heterocycles. The van der Waals surface area contributed by atoms with Gasteiger partial charge in [-0.2, -0.15) is 0 Å². The van der Waals surface area contributed by atoms with Gasteiger partial charge in [-0.3, -0.25) is 0 Å². The molecule has 0 unspecified atom stereocenters. The minimum atomic E-state index is -0.302. The van der Waals surface area contributed by atoms with Crippen LogP contribution in [0.25, 0.3) is 16.8 Å². The van der Waals surface area contributed by atoms with Crippen molar-refractivity contribution in [2.24, 2.45) is 5.92 Å². The fraction of sp³-hybridized carbons (Fsp3) is 0.136. The SMILES string of the molecule is CC(C)C(=Cc1ccccc1)C(=O)Oc1ccc2ccccc2c1. The number of hydrogen-bond donors (Lipinski definition) is 0. The van der Waals surface area contributed by atoms with Crippen molar-refractivity contribution in [3.05, 3.63) is 83.9 Å². The number of hydrogen-bond acceptors (Lipinski definition) is 2. The summed E-state index contributed by atoms with van der Waals surface area (Å²) in [6.45, 7) is 3.99. The second kappa shape index (κ2) is 7.14. The van der Waals surface area contributed by atoms with Crippen molar-refractivity contribution in [3.8, 4) is 5.75 Å². The number of fused-ring (bicyclic) bond motifs is 1. The standard InChI is InChI=1S/C22H20O2/c1-16(2)21(14-17-8-4-3-5-9-17)22(23)24-20-13-12-18-10-6-7-11-19(18)15-20/h3-16H,1-2H3. The van der Waals surface area contributed by atoms with Gasteiger partial charge in [0.1, 0.15) is 5.75 Å². The molecule has 0 atom stereocenters. The van der Waals surface area contributed by atoms with Gasteiger partial charge in [0.15, 0.2) is 0 Å². The molecular weight excluding hydrogens is 296 g/mol. The summed E-state index contributed by atoms with van der Waals surface area (Å²) >= 11 is 0. The van der Waals surface area contributed by atoms with E-state index in [9.17, 15) is 4.79 Å². The molecule has 0 amide bonds. The molecule has 24 heavy (non-hydrogen) atoms. The molecule has 0 bridgehead atoms. The van der Waals surface area contributed by atoms with Crippen LogP contribution >= 0.6 is 0 Å². The van der Waals surface area contributed by atoms with Gasteiger partial charge in [-0.15, -0.1) is 0 Å². The van der Waals surface area contributed by atoms with Crippen molar-refractivity contribution in [1.82, 2.24) is 0 Å². The molecule has 2 nitrogen and oxygen atoms in total. The average Bonchev–Trinajstić information content (AvgIpc) is 2.60. The Morgan fingerprint density at radius 3 is 2.25 bits per heavy atom. The summed E-state index contributed by atoms with van der Waals surface area (Å²) < 4.78 is 5.61. The third-order valence-electron chi connectivity index (χ3n) is 3.91. The minimum Gasteiger partial charge on any atom is -0.423 e. The topological polar surface area (TPSA) is 26.3 Å². The fourth-order valence-corrected chi connectivity index (χ4v) is 2.59. The monoisotopic (exact) mass is 316 g/mol. The van der Waals surface area contributed by atoms with Crippen molar-refractivity contribution in [2.45, 2.75) is 13.8 Å². The number of carbonyl (C=O) groups excluding carboxylic acids is 1. The van der Waals surface area contributed by atoms with Crippen LogP contribution in [0.3, 0.4) is 0 Å². The van der Waals surface area contributed by atoms with E-state index in [2.05, 4.69) is 0 Å². The molecule has 0 saturated carbocycles. The average molecular weight is 316 g/mol. The molecule has 2 heteroatoms. The third-order valence-corrected chi connectivity index (χ3v) is 3.91. The van der Waals surface area contributed by atoms with Crippen molar-refractivity contribution < 1.29 is 9.53 Å². The highest BCUT2D eigenvalue weighted by molar-refractivity contribution is 5.96. The summed E-state index contributed by atoms with van der Waals surface area (Å²) in [6, 6.07) is 23.5. The Kier molecular flexibility index (Phi) is 4.76. The van der Waals surface area contributed by atoms with Gasteiger partial charge in [-0.25, -0.2) is 4.79 Å². The van der Waals surface area contributed by atoms with Crippen molar-refractivity contribution in [3.63, 3.8) is 0 Å². The normalized spacial score (nSPS) is 11.7. The van der Waals surface area contributed by atoms with Gasteiger partial charge in [0.05, 0.1) is 0 Å². The summed E-state index contributed by atoms with van der Waals surface area (Å²) in [5, 5.41) is 2.18. The maximum absolute atomic E-state index is 12.6. The van der Waals surface area contributed by atoms with Gasteiger partial charge in [0, 0.05) is 5.57 Å². The molecule has 120 valence electrons. The lowest BCUT2D eigenvalue weighted by Gasteiger charge is -2.12. The number of rotatable bonds is 4. The quantitative estimate of drug-likeness (QED) is 0.362. The molecule has 0 aliphatic rings. The lowest BCUT2D eigenvalue weighted by Crippen LogP contribution is -2.15. The van der Waals surface area contributed by atoms with E-state index in [-0.39, 0.29) is 11.9 Å². The number of esters is 1. The zero-order chi connectivity index (χ0) is 16.9. The van der Waals surface area contributed by atoms with Crippen LogP contribution in [0, 0.1) is 5.92 Å². The van der Waals surface area contributed by atoms with Crippen LogP contribution in [-0.2, 0) is 4.79 Å². The molecule has 0 radical (unpaired) electrons. The van der Waals surface area contributed by atoms with E-state index in [1.165, 1.54) is 0 Å². The summed E-state index contributed by atoms with van der Waals surface area (Å²) in [5.74, 6) is 0.348. The maximum atomic E-state index is 12.6. The maximum Gasteiger partial charge on any atom is 0.339 e. The molecule has 3 aromatic rings. The highest BCUT2D eigenvalue weighted by Crippen LogP contribution is 2.23. The van der Waals surface area contributed by atoms with Gasteiger partial charge in [-0.1, -0.05) is 74.5 Å². The predicted octanol–water partition coefficient (Wildman–Crippen LogP) is 5.48. The van der Waals surface area contributed by atoms with E-state index in [1.807, 2.05) is 92.7 Å². The minimum absolute atomic E-state index is 0.0816. The second-order valence-electron chi connectivity index (χ2n) is 6.06. The largest absolute Gasteiger partial charge is 0.423 e. The van der Waals surface area contributed by atoms with Crippen LogP contribution in [0.2, 0.25) is 0 Å². The molecule has 0 fully saturated rings. The van der Waals surface area contributed by atoms with Gasteiger partial charge >= 0.3 is 5.97 Å². The third kappa shape index (κ3) is 3.72. The molecule has 0 saturated heterocycles. The van der Waals surface area contributed by atoms with Crippen LogP contribution in [0.4, 0.5) is 0 Å². The van der Waals surface area contributed by atoms with E-state index in [1.54, 1.807) is 0 Å². The van der Waals surface area contributed by atoms with Gasteiger partial charge in [0.25, 0.3) is 0 Å². The second-order valence-corrected chi connectivity index (χ2v) is 6.06. The molecule has 0 aromatic heterocycles. The lowest BCUT2D eigenvalue weighted by atomic mass is 10.0. The number of benzene rings is 3.